The van der Waals surface area contributed by atoms with Gasteiger partial charge in [0, 0.05) is 17.4 Å². The minimum absolute atomic E-state index is 0.124. The molecule has 2 N–H and O–H groups in total. The Morgan fingerprint density at radius 3 is 2.89 bits per heavy atom. The lowest BCUT2D eigenvalue weighted by Gasteiger charge is -2.21. The molecule has 2 unspecified atom stereocenters. The number of aliphatic hydroxyl groups is 1. The third-order valence-electron chi connectivity index (χ3n) is 2.51. The van der Waals surface area contributed by atoms with E-state index in [2.05, 4.69) is 15.3 Å². The molecular formula is C12H21N3O2S. The fourth-order valence-corrected chi connectivity index (χ4v) is 2.09. The van der Waals surface area contributed by atoms with Crippen molar-refractivity contribution in [3.8, 4) is 5.88 Å². The first-order chi connectivity index (χ1) is 8.71. The Bertz CT molecular complexity index is 348. The number of thioether (sulfide) groups is 1. The maximum atomic E-state index is 9.23. The molecular weight excluding hydrogens is 250 g/mol. The number of hydrogen-bond acceptors (Lipinski definition) is 6. The van der Waals surface area contributed by atoms with Crippen LogP contribution >= 0.6 is 11.8 Å². The van der Waals surface area contributed by atoms with Crippen LogP contribution in [0.5, 0.6) is 5.88 Å². The average molecular weight is 271 g/mol. The van der Waals surface area contributed by atoms with Gasteiger partial charge in [-0.05, 0) is 19.6 Å². The van der Waals surface area contributed by atoms with Crippen molar-refractivity contribution in [1.82, 2.24) is 9.97 Å². The lowest BCUT2D eigenvalue weighted by atomic mass is 10.2. The van der Waals surface area contributed by atoms with Crippen LogP contribution in [0.3, 0.4) is 0 Å². The first-order valence-corrected chi connectivity index (χ1v) is 7.35. The molecule has 1 aromatic rings. The molecule has 0 aliphatic rings. The Labute approximate surface area is 112 Å². The first-order valence-electron chi connectivity index (χ1n) is 6.06. The second-order valence-corrected chi connectivity index (χ2v) is 5.06. The minimum atomic E-state index is 0.124. The van der Waals surface area contributed by atoms with Gasteiger partial charge in [-0.3, -0.25) is 0 Å². The Kier molecular flexibility index (Phi) is 6.82. The van der Waals surface area contributed by atoms with E-state index in [0.29, 0.717) is 12.5 Å². The molecule has 1 aromatic heterocycles. The zero-order valence-electron chi connectivity index (χ0n) is 11.1. The Hall–Kier alpha value is -1.01. The van der Waals surface area contributed by atoms with Crippen molar-refractivity contribution < 1.29 is 9.84 Å². The molecule has 0 aliphatic carbocycles. The van der Waals surface area contributed by atoms with Crippen LogP contribution in [-0.2, 0) is 0 Å². The fraction of sp³-hybridized carbons (Fsp3) is 0.667. The normalized spacial score (nSPS) is 14.0. The van der Waals surface area contributed by atoms with Crippen LogP contribution in [0.2, 0.25) is 0 Å². The maximum Gasteiger partial charge on any atom is 0.218 e. The summed E-state index contributed by atoms with van der Waals surface area (Å²) in [5, 5.41) is 12.6. The lowest BCUT2D eigenvalue weighted by molar-refractivity contribution is 0.288. The zero-order chi connectivity index (χ0) is 13.4. The number of anilines is 1. The van der Waals surface area contributed by atoms with Crippen molar-refractivity contribution in [2.45, 2.75) is 31.6 Å². The van der Waals surface area contributed by atoms with Crippen LogP contribution < -0.4 is 10.1 Å². The average Bonchev–Trinajstić information content (AvgIpc) is 2.38. The summed E-state index contributed by atoms with van der Waals surface area (Å²) in [6, 6.07) is 1.90. The SMILES string of the molecule is CCCOc1cc(NC(C)C(CO)SC)ncn1. The van der Waals surface area contributed by atoms with Crippen LogP contribution in [0.25, 0.3) is 0 Å². The van der Waals surface area contributed by atoms with E-state index in [1.807, 2.05) is 20.1 Å². The van der Waals surface area contributed by atoms with Gasteiger partial charge in [-0.2, -0.15) is 11.8 Å². The number of rotatable bonds is 8. The molecule has 0 saturated carbocycles. The van der Waals surface area contributed by atoms with E-state index in [4.69, 9.17) is 4.74 Å². The van der Waals surface area contributed by atoms with Gasteiger partial charge in [0.2, 0.25) is 5.88 Å². The van der Waals surface area contributed by atoms with Gasteiger partial charge in [0.25, 0.3) is 0 Å². The molecule has 5 nitrogen and oxygen atoms in total. The lowest BCUT2D eigenvalue weighted by Crippen LogP contribution is -2.31. The predicted octanol–water partition coefficient (Wildman–Crippen LogP) is 1.79. The molecule has 0 bridgehead atoms. The zero-order valence-corrected chi connectivity index (χ0v) is 11.9. The highest BCUT2D eigenvalue weighted by Gasteiger charge is 2.15. The molecule has 0 saturated heterocycles. The molecule has 6 heteroatoms. The third kappa shape index (κ3) is 4.70. The van der Waals surface area contributed by atoms with Gasteiger partial charge in [-0.15, -0.1) is 0 Å². The topological polar surface area (TPSA) is 67.3 Å². The summed E-state index contributed by atoms with van der Waals surface area (Å²) in [5.74, 6) is 1.29. The number of nitrogens with one attached hydrogen (secondary N) is 1. The maximum absolute atomic E-state index is 9.23. The Morgan fingerprint density at radius 2 is 2.28 bits per heavy atom. The Morgan fingerprint density at radius 1 is 1.50 bits per heavy atom. The molecule has 0 aromatic carbocycles. The van der Waals surface area contributed by atoms with Gasteiger partial charge in [0.15, 0.2) is 0 Å². The molecule has 102 valence electrons. The quantitative estimate of drug-likeness (QED) is 0.751. The fourth-order valence-electron chi connectivity index (χ4n) is 1.47. The largest absolute Gasteiger partial charge is 0.478 e. The molecule has 0 radical (unpaired) electrons. The van der Waals surface area contributed by atoms with E-state index < -0.39 is 0 Å². The van der Waals surface area contributed by atoms with Crippen LogP contribution in [0.1, 0.15) is 20.3 Å². The van der Waals surface area contributed by atoms with Gasteiger partial charge >= 0.3 is 0 Å². The molecule has 0 aliphatic heterocycles. The minimum Gasteiger partial charge on any atom is -0.478 e. The number of aromatic nitrogens is 2. The second-order valence-electron chi connectivity index (χ2n) is 3.98. The van der Waals surface area contributed by atoms with Crippen molar-refractivity contribution in [2.75, 3.05) is 24.8 Å². The summed E-state index contributed by atoms with van der Waals surface area (Å²) >= 11 is 1.63. The second kappa shape index (κ2) is 8.16. The van der Waals surface area contributed by atoms with Crippen LogP contribution in [0.4, 0.5) is 5.82 Å². The summed E-state index contributed by atoms with van der Waals surface area (Å²) in [4.78, 5) is 8.19. The van der Waals surface area contributed by atoms with Crippen molar-refractivity contribution in [3.63, 3.8) is 0 Å². The molecule has 0 spiro atoms. The number of aliphatic hydroxyl groups excluding tert-OH is 1. The standard InChI is InChI=1S/C12H21N3O2S/c1-4-5-17-12-6-11(13-8-14-12)15-9(2)10(7-16)18-3/h6,8-10,16H,4-5,7H2,1-3H3,(H,13,14,15). The van der Waals surface area contributed by atoms with E-state index in [1.54, 1.807) is 17.8 Å². The van der Waals surface area contributed by atoms with Crippen molar-refractivity contribution >= 4 is 17.6 Å². The van der Waals surface area contributed by atoms with Crippen molar-refractivity contribution in [2.24, 2.45) is 0 Å². The molecule has 2 atom stereocenters. The van der Waals surface area contributed by atoms with Crippen molar-refractivity contribution in [3.05, 3.63) is 12.4 Å². The highest BCUT2D eigenvalue weighted by atomic mass is 32.2. The smallest absolute Gasteiger partial charge is 0.218 e. The summed E-state index contributed by atoms with van der Waals surface area (Å²) < 4.78 is 5.44. The number of ether oxygens (including phenoxy) is 1. The number of nitrogens with zero attached hydrogens (tertiary/aromatic N) is 2. The van der Waals surface area contributed by atoms with Crippen LogP contribution in [-0.4, -0.2) is 45.8 Å². The molecule has 0 amide bonds. The highest BCUT2D eigenvalue weighted by molar-refractivity contribution is 7.99. The van der Waals surface area contributed by atoms with E-state index in [0.717, 1.165) is 12.2 Å². The van der Waals surface area contributed by atoms with Gasteiger partial charge in [-0.1, -0.05) is 6.92 Å². The first kappa shape index (κ1) is 15.0. The van der Waals surface area contributed by atoms with E-state index >= 15 is 0 Å². The summed E-state index contributed by atoms with van der Waals surface area (Å²) in [6.45, 7) is 4.86. The molecule has 1 heterocycles. The van der Waals surface area contributed by atoms with Crippen molar-refractivity contribution in [1.29, 1.82) is 0 Å². The number of hydrogen-bond donors (Lipinski definition) is 2. The van der Waals surface area contributed by atoms with E-state index in [1.165, 1.54) is 6.33 Å². The molecule has 1 rings (SSSR count). The van der Waals surface area contributed by atoms with Gasteiger partial charge < -0.3 is 15.2 Å². The predicted molar refractivity (Wildman–Crippen MR) is 75.3 cm³/mol. The summed E-state index contributed by atoms with van der Waals surface area (Å²) in [7, 11) is 0. The van der Waals surface area contributed by atoms with Gasteiger partial charge in [-0.25, -0.2) is 9.97 Å². The summed E-state index contributed by atoms with van der Waals surface area (Å²) in [5.41, 5.74) is 0. The van der Waals surface area contributed by atoms with Crippen LogP contribution in [0.15, 0.2) is 12.4 Å². The Balaban J connectivity index is 2.60. The molecule has 0 fully saturated rings. The highest BCUT2D eigenvalue weighted by Crippen LogP contribution is 2.17. The van der Waals surface area contributed by atoms with E-state index in [-0.39, 0.29) is 17.9 Å². The summed E-state index contributed by atoms with van der Waals surface area (Å²) in [6.07, 6.45) is 4.41. The van der Waals surface area contributed by atoms with Gasteiger partial charge in [0.05, 0.1) is 13.2 Å². The van der Waals surface area contributed by atoms with Gasteiger partial charge in [0.1, 0.15) is 12.1 Å². The third-order valence-corrected chi connectivity index (χ3v) is 3.67. The molecule has 18 heavy (non-hydrogen) atoms. The van der Waals surface area contributed by atoms with E-state index in [9.17, 15) is 5.11 Å². The monoisotopic (exact) mass is 271 g/mol. The van der Waals surface area contributed by atoms with Crippen LogP contribution in [0, 0.1) is 0 Å².